The Labute approximate surface area is 95.7 Å². The standard InChI is InChI=1S/C15H14O/c1-2-12-8-9-15(16)14(10-12)11-13-6-4-3-5-7-13/h2-10,16H,1,11H2. The van der Waals surface area contributed by atoms with Crippen LogP contribution in [0.25, 0.3) is 6.08 Å². The molecule has 0 aliphatic heterocycles. The number of benzene rings is 2. The Balaban J connectivity index is 2.30. The van der Waals surface area contributed by atoms with Crippen molar-refractivity contribution in [3.8, 4) is 5.75 Å². The maximum Gasteiger partial charge on any atom is 0.119 e. The minimum absolute atomic E-state index is 0.342. The highest BCUT2D eigenvalue weighted by Crippen LogP contribution is 2.22. The summed E-state index contributed by atoms with van der Waals surface area (Å²) >= 11 is 0. The van der Waals surface area contributed by atoms with E-state index in [0.29, 0.717) is 5.75 Å². The van der Waals surface area contributed by atoms with Crippen LogP contribution in [0.4, 0.5) is 0 Å². The number of hydrogen-bond acceptors (Lipinski definition) is 1. The van der Waals surface area contributed by atoms with Crippen LogP contribution < -0.4 is 0 Å². The van der Waals surface area contributed by atoms with Crippen LogP contribution in [0.5, 0.6) is 5.75 Å². The molecule has 0 saturated heterocycles. The summed E-state index contributed by atoms with van der Waals surface area (Å²) in [5.41, 5.74) is 3.16. The van der Waals surface area contributed by atoms with Gasteiger partial charge in [-0.25, -0.2) is 0 Å². The second-order valence-electron chi connectivity index (χ2n) is 3.75. The molecule has 2 aromatic carbocycles. The fraction of sp³-hybridized carbons (Fsp3) is 0.0667. The van der Waals surface area contributed by atoms with Crippen molar-refractivity contribution in [2.75, 3.05) is 0 Å². The molecule has 0 heterocycles. The zero-order valence-electron chi connectivity index (χ0n) is 9.06. The van der Waals surface area contributed by atoms with E-state index in [1.165, 1.54) is 5.56 Å². The van der Waals surface area contributed by atoms with Gasteiger partial charge in [-0.1, -0.05) is 49.1 Å². The van der Waals surface area contributed by atoms with Crippen LogP contribution in [0.3, 0.4) is 0 Å². The summed E-state index contributed by atoms with van der Waals surface area (Å²) < 4.78 is 0. The van der Waals surface area contributed by atoms with Crippen LogP contribution in [-0.2, 0) is 6.42 Å². The zero-order chi connectivity index (χ0) is 11.4. The maximum atomic E-state index is 9.76. The highest BCUT2D eigenvalue weighted by atomic mass is 16.3. The molecule has 0 amide bonds. The monoisotopic (exact) mass is 210 g/mol. The van der Waals surface area contributed by atoms with Gasteiger partial charge >= 0.3 is 0 Å². The number of phenolic OH excluding ortho intramolecular Hbond substituents is 1. The lowest BCUT2D eigenvalue weighted by Gasteiger charge is -2.06. The van der Waals surface area contributed by atoms with Crippen molar-refractivity contribution in [2.24, 2.45) is 0 Å². The van der Waals surface area contributed by atoms with Crippen molar-refractivity contribution in [2.45, 2.75) is 6.42 Å². The first-order chi connectivity index (χ1) is 7.79. The molecular weight excluding hydrogens is 196 g/mol. The minimum atomic E-state index is 0.342. The average Bonchev–Trinajstić information content (AvgIpc) is 2.33. The van der Waals surface area contributed by atoms with Crippen molar-refractivity contribution in [3.63, 3.8) is 0 Å². The van der Waals surface area contributed by atoms with Gasteiger partial charge in [-0.15, -0.1) is 0 Å². The SMILES string of the molecule is C=Cc1ccc(O)c(Cc2ccccc2)c1. The van der Waals surface area contributed by atoms with Gasteiger partial charge in [0.1, 0.15) is 5.75 Å². The molecule has 0 radical (unpaired) electrons. The molecule has 2 aromatic rings. The molecule has 0 saturated carbocycles. The van der Waals surface area contributed by atoms with Crippen molar-refractivity contribution >= 4 is 6.08 Å². The molecule has 0 spiro atoms. The molecule has 1 heteroatoms. The maximum absolute atomic E-state index is 9.76. The van der Waals surface area contributed by atoms with Crippen LogP contribution >= 0.6 is 0 Å². The van der Waals surface area contributed by atoms with E-state index >= 15 is 0 Å². The largest absolute Gasteiger partial charge is 0.508 e. The molecular formula is C15H14O. The molecule has 80 valence electrons. The number of aromatic hydroxyl groups is 1. The third-order valence-electron chi connectivity index (χ3n) is 2.58. The summed E-state index contributed by atoms with van der Waals surface area (Å²) in [6.45, 7) is 3.73. The third-order valence-corrected chi connectivity index (χ3v) is 2.58. The topological polar surface area (TPSA) is 20.2 Å². The average molecular weight is 210 g/mol. The number of phenols is 1. The Morgan fingerprint density at radius 3 is 2.50 bits per heavy atom. The summed E-state index contributed by atoms with van der Waals surface area (Å²) in [7, 11) is 0. The molecule has 0 aromatic heterocycles. The Kier molecular flexibility index (Phi) is 3.06. The third kappa shape index (κ3) is 2.31. The predicted molar refractivity (Wildman–Crippen MR) is 67.4 cm³/mol. The molecule has 0 bridgehead atoms. The normalized spacial score (nSPS) is 10.0. The van der Waals surface area contributed by atoms with Crippen molar-refractivity contribution in [1.82, 2.24) is 0 Å². The van der Waals surface area contributed by atoms with E-state index in [0.717, 1.165) is 17.5 Å². The van der Waals surface area contributed by atoms with Crippen LogP contribution in [-0.4, -0.2) is 5.11 Å². The lowest BCUT2D eigenvalue weighted by Crippen LogP contribution is -1.89. The molecule has 0 aliphatic carbocycles. The van der Waals surface area contributed by atoms with Gasteiger partial charge in [0.25, 0.3) is 0 Å². The van der Waals surface area contributed by atoms with E-state index in [9.17, 15) is 5.11 Å². The van der Waals surface area contributed by atoms with Gasteiger partial charge in [0.2, 0.25) is 0 Å². The Morgan fingerprint density at radius 2 is 1.81 bits per heavy atom. The van der Waals surface area contributed by atoms with Gasteiger partial charge in [0, 0.05) is 6.42 Å². The van der Waals surface area contributed by atoms with Gasteiger partial charge in [-0.2, -0.15) is 0 Å². The minimum Gasteiger partial charge on any atom is -0.508 e. The number of rotatable bonds is 3. The summed E-state index contributed by atoms with van der Waals surface area (Å²) in [5.74, 6) is 0.342. The van der Waals surface area contributed by atoms with Crippen LogP contribution in [0.1, 0.15) is 16.7 Å². The lowest BCUT2D eigenvalue weighted by atomic mass is 10.0. The first kappa shape index (κ1) is 10.5. The quantitative estimate of drug-likeness (QED) is 0.820. The smallest absolute Gasteiger partial charge is 0.119 e. The van der Waals surface area contributed by atoms with Gasteiger partial charge in [0.05, 0.1) is 0 Å². The first-order valence-electron chi connectivity index (χ1n) is 5.28. The van der Waals surface area contributed by atoms with E-state index in [-0.39, 0.29) is 0 Å². The highest BCUT2D eigenvalue weighted by molar-refractivity contribution is 5.52. The van der Waals surface area contributed by atoms with Gasteiger partial charge < -0.3 is 5.11 Å². The van der Waals surface area contributed by atoms with Gasteiger partial charge in [-0.3, -0.25) is 0 Å². The first-order valence-corrected chi connectivity index (χ1v) is 5.28. The summed E-state index contributed by atoms with van der Waals surface area (Å²) in [5, 5.41) is 9.76. The highest BCUT2D eigenvalue weighted by Gasteiger charge is 2.02. The fourth-order valence-electron chi connectivity index (χ4n) is 1.69. The molecule has 0 fully saturated rings. The van der Waals surface area contributed by atoms with Crippen LogP contribution in [0.2, 0.25) is 0 Å². The van der Waals surface area contributed by atoms with E-state index in [4.69, 9.17) is 0 Å². The van der Waals surface area contributed by atoms with Gasteiger partial charge in [-0.05, 0) is 28.8 Å². The Bertz CT molecular complexity index is 486. The molecule has 0 atom stereocenters. The lowest BCUT2D eigenvalue weighted by molar-refractivity contribution is 0.469. The molecule has 1 N–H and O–H groups in total. The molecule has 2 rings (SSSR count). The van der Waals surface area contributed by atoms with E-state index in [1.54, 1.807) is 12.1 Å². The fourth-order valence-corrected chi connectivity index (χ4v) is 1.69. The summed E-state index contributed by atoms with van der Waals surface area (Å²) in [4.78, 5) is 0. The Morgan fingerprint density at radius 1 is 1.06 bits per heavy atom. The second-order valence-corrected chi connectivity index (χ2v) is 3.75. The van der Waals surface area contributed by atoms with E-state index in [1.807, 2.05) is 30.3 Å². The van der Waals surface area contributed by atoms with Crippen molar-refractivity contribution < 1.29 is 5.11 Å². The molecule has 0 unspecified atom stereocenters. The molecule has 0 aliphatic rings. The van der Waals surface area contributed by atoms with Crippen LogP contribution in [0, 0.1) is 0 Å². The van der Waals surface area contributed by atoms with E-state index < -0.39 is 0 Å². The summed E-state index contributed by atoms with van der Waals surface area (Å²) in [6.07, 6.45) is 2.53. The van der Waals surface area contributed by atoms with Crippen LogP contribution in [0.15, 0.2) is 55.1 Å². The second kappa shape index (κ2) is 4.67. The van der Waals surface area contributed by atoms with Crippen molar-refractivity contribution in [3.05, 3.63) is 71.8 Å². The Hall–Kier alpha value is -2.02. The predicted octanol–water partition coefficient (Wildman–Crippen LogP) is 3.63. The zero-order valence-corrected chi connectivity index (χ0v) is 9.06. The van der Waals surface area contributed by atoms with E-state index in [2.05, 4.69) is 18.7 Å². The van der Waals surface area contributed by atoms with Gasteiger partial charge in [0.15, 0.2) is 0 Å². The summed E-state index contributed by atoms with van der Waals surface area (Å²) in [6, 6.07) is 15.7. The van der Waals surface area contributed by atoms with Crippen molar-refractivity contribution in [1.29, 1.82) is 0 Å². The number of hydrogen-bond donors (Lipinski definition) is 1. The molecule has 1 nitrogen and oxygen atoms in total. The molecule has 16 heavy (non-hydrogen) atoms.